The average Bonchev–Trinajstić information content (AvgIpc) is 2.74. The lowest BCUT2D eigenvalue weighted by Crippen LogP contribution is -2.27. The van der Waals surface area contributed by atoms with E-state index in [9.17, 15) is 4.79 Å². The molecule has 1 amide bonds. The largest absolute Gasteiger partial charge is 0.337 e. The number of anilines is 3. The van der Waals surface area contributed by atoms with Gasteiger partial charge in [0.05, 0.1) is 23.6 Å². The van der Waals surface area contributed by atoms with Crippen LogP contribution in [0.4, 0.5) is 17.2 Å². The Balaban J connectivity index is 1.54. The van der Waals surface area contributed by atoms with Crippen LogP contribution in [0.1, 0.15) is 10.5 Å². The van der Waals surface area contributed by atoms with Gasteiger partial charge in [0.25, 0.3) is 5.91 Å². The van der Waals surface area contributed by atoms with Crippen molar-refractivity contribution in [2.75, 3.05) is 17.3 Å². The summed E-state index contributed by atoms with van der Waals surface area (Å²) in [6, 6.07) is 19.2. The highest BCUT2D eigenvalue weighted by atomic mass is 16.2. The van der Waals surface area contributed by atoms with Gasteiger partial charge in [-0.15, -0.1) is 0 Å². The first-order chi connectivity index (χ1) is 13.2. The fourth-order valence-corrected chi connectivity index (χ4v) is 2.79. The highest BCUT2D eigenvalue weighted by molar-refractivity contribution is 6.04. The summed E-state index contributed by atoms with van der Waals surface area (Å²) in [4.78, 5) is 27.1. The van der Waals surface area contributed by atoms with Gasteiger partial charge in [-0.1, -0.05) is 36.4 Å². The molecular weight excluding hydrogens is 338 g/mol. The van der Waals surface area contributed by atoms with E-state index in [2.05, 4.69) is 20.3 Å². The van der Waals surface area contributed by atoms with Crippen molar-refractivity contribution in [3.05, 3.63) is 84.9 Å². The number of aromatic nitrogens is 3. The third kappa shape index (κ3) is 3.46. The minimum absolute atomic E-state index is 0.216. The van der Waals surface area contributed by atoms with Crippen molar-refractivity contribution in [3.8, 4) is 0 Å². The molecule has 0 saturated heterocycles. The molecule has 0 aliphatic carbocycles. The fraction of sp³-hybridized carbons (Fsp3) is 0.0476. The number of rotatable bonds is 4. The molecular formula is C21H17N5O. The summed E-state index contributed by atoms with van der Waals surface area (Å²) in [7, 11) is 1.72. The maximum absolute atomic E-state index is 12.6. The number of carbonyl (C=O) groups is 1. The monoisotopic (exact) mass is 355 g/mol. The summed E-state index contributed by atoms with van der Waals surface area (Å²) in [6.07, 6.45) is 4.77. The van der Waals surface area contributed by atoms with Crippen LogP contribution in [0, 0.1) is 0 Å². The number of nitrogens with one attached hydrogen (secondary N) is 1. The molecule has 1 N–H and O–H groups in total. The van der Waals surface area contributed by atoms with Gasteiger partial charge in [0.2, 0.25) is 0 Å². The molecule has 2 aromatic heterocycles. The summed E-state index contributed by atoms with van der Waals surface area (Å²) in [5.41, 5.74) is 2.77. The van der Waals surface area contributed by atoms with E-state index in [1.165, 1.54) is 6.20 Å². The maximum atomic E-state index is 12.6. The van der Waals surface area contributed by atoms with Crippen LogP contribution in [0.15, 0.2) is 79.3 Å². The minimum atomic E-state index is -0.216. The zero-order chi connectivity index (χ0) is 18.6. The number of nitrogens with zero attached hydrogens (tertiary/aromatic N) is 4. The number of amides is 1. The molecule has 4 aromatic rings. The number of pyridine rings is 1. The van der Waals surface area contributed by atoms with Gasteiger partial charge >= 0.3 is 0 Å². The van der Waals surface area contributed by atoms with E-state index in [-0.39, 0.29) is 11.6 Å². The molecule has 27 heavy (non-hydrogen) atoms. The predicted molar refractivity (Wildman–Crippen MR) is 106 cm³/mol. The number of benzene rings is 2. The Labute approximate surface area is 156 Å². The number of fused-ring (bicyclic) bond motifs is 1. The molecule has 132 valence electrons. The van der Waals surface area contributed by atoms with Crippen molar-refractivity contribution >= 4 is 34.0 Å². The Bertz CT molecular complexity index is 1080. The van der Waals surface area contributed by atoms with Crippen LogP contribution >= 0.6 is 0 Å². The average molecular weight is 355 g/mol. The lowest BCUT2D eigenvalue weighted by atomic mass is 10.2. The highest BCUT2D eigenvalue weighted by Crippen LogP contribution is 2.23. The summed E-state index contributed by atoms with van der Waals surface area (Å²) in [5.74, 6) is 0.333. The summed E-state index contributed by atoms with van der Waals surface area (Å²) >= 11 is 0. The van der Waals surface area contributed by atoms with Crippen LogP contribution in [0.5, 0.6) is 0 Å². The number of hydrogen-bond donors (Lipinski definition) is 1. The fourth-order valence-electron chi connectivity index (χ4n) is 2.79. The van der Waals surface area contributed by atoms with E-state index in [4.69, 9.17) is 0 Å². The van der Waals surface area contributed by atoms with Crippen molar-refractivity contribution in [3.63, 3.8) is 0 Å². The van der Waals surface area contributed by atoms with Crippen molar-refractivity contribution < 1.29 is 4.79 Å². The van der Waals surface area contributed by atoms with Crippen LogP contribution in [0.25, 0.3) is 10.9 Å². The van der Waals surface area contributed by atoms with Crippen LogP contribution in [0.3, 0.4) is 0 Å². The molecule has 0 spiro atoms. The second-order valence-corrected chi connectivity index (χ2v) is 5.99. The van der Waals surface area contributed by atoms with Gasteiger partial charge in [0.1, 0.15) is 11.5 Å². The Morgan fingerprint density at radius 1 is 0.889 bits per heavy atom. The molecule has 0 aliphatic rings. The quantitative estimate of drug-likeness (QED) is 0.598. The van der Waals surface area contributed by atoms with Gasteiger partial charge in [0.15, 0.2) is 0 Å². The molecule has 0 radical (unpaired) electrons. The van der Waals surface area contributed by atoms with Crippen LogP contribution in [-0.2, 0) is 0 Å². The lowest BCUT2D eigenvalue weighted by Gasteiger charge is -2.16. The molecule has 0 unspecified atom stereocenters. The van der Waals surface area contributed by atoms with Gasteiger partial charge in [-0.2, -0.15) is 0 Å². The number of hydrogen-bond acceptors (Lipinski definition) is 5. The van der Waals surface area contributed by atoms with E-state index >= 15 is 0 Å². The Morgan fingerprint density at radius 2 is 1.70 bits per heavy atom. The standard InChI is InChI=1S/C21H17N5O/c1-26(16-9-3-2-4-10-16)21(27)18-13-24-19(14-23-18)25-17-11-5-7-15-8-6-12-22-20(15)17/h2-14H,1H3,(H,24,25). The lowest BCUT2D eigenvalue weighted by molar-refractivity contribution is 0.0988. The van der Waals surface area contributed by atoms with Crippen molar-refractivity contribution in [1.29, 1.82) is 0 Å². The molecule has 6 nitrogen and oxygen atoms in total. The van der Waals surface area contributed by atoms with Gasteiger partial charge in [0, 0.05) is 24.3 Å². The second-order valence-electron chi connectivity index (χ2n) is 5.99. The molecule has 0 aliphatic heterocycles. The summed E-state index contributed by atoms with van der Waals surface area (Å²) in [5, 5.41) is 4.25. The first-order valence-corrected chi connectivity index (χ1v) is 8.48. The maximum Gasteiger partial charge on any atom is 0.278 e. The zero-order valence-corrected chi connectivity index (χ0v) is 14.7. The van der Waals surface area contributed by atoms with Crippen molar-refractivity contribution in [2.45, 2.75) is 0 Å². The SMILES string of the molecule is CN(C(=O)c1cnc(Nc2cccc3cccnc23)cn1)c1ccccc1. The van der Waals surface area contributed by atoms with Crippen LogP contribution < -0.4 is 10.2 Å². The van der Waals surface area contributed by atoms with E-state index in [0.29, 0.717) is 5.82 Å². The van der Waals surface area contributed by atoms with Gasteiger partial charge in [-0.05, 0) is 24.3 Å². The van der Waals surface area contributed by atoms with E-state index in [1.807, 2.05) is 60.7 Å². The second kappa shape index (κ2) is 7.21. The van der Waals surface area contributed by atoms with Crippen LogP contribution in [0.2, 0.25) is 0 Å². The van der Waals surface area contributed by atoms with Gasteiger partial charge in [-0.3, -0.25) is 9.78 Å². The van der Waals surface area contributed by atoms with Crippen molar-refractivity contribution in [1.82, 2.24) is 15.0 Å². The molecule has 0 fully saturated rings. The van der Waals surface area contributed by atoms with Crippen molar-refractivity contribution in [2.24, 2.45) is 0 Å². The molecule has 0 bridgehead atoms. The molecule has 2 heterocycles. The van der Waals surface area contributed by atoms with Gasteiger partial charge < -0.3 is 10.2 Å². The summed E-state index contributed by atoms with van der Waals surface area (Å²) in [6.45, 7) is 0. The molecule has 0 atom stereocenters. The topological polar surface area (TPSA) is 71.0 Å². The third-order valence-electron chi connectivity index (χ3n) is 4.21. The molecule has 6 heteroatoms. The van der Waals surface area contributed by atoms with E-state index < -0.39 is 0 Å². The predicted octanol–water partition coefficient (Wildman–Crippen LogP) is 4.05. The number of para-hydroxylation sites is 2. The Hall–Kier alpha value is -3.80. The van der Waals surface area contributed by atoms with Crippen LogP contribution in [-0.4, -0.2) is 27.9 Å². The smallest absolute Gasteiger partial charge is 0.278 e. The molecule has 0 saturated carbocycles. The first-order valence-electron chi connectivity index (χ1n) is 8.48. The highest BCUT2D eigenvalue weighted by Gasteiger charge is 2.15. The van der Waals surface area contributed by atoms with E-state index in [1.54, 1.807) is 24.3 Å². The molecule has 2 aromatic carbocycles. The Morgan fingerprint density at radius 3 is 2.48 bits per heavy atom. The summed E-state index contributed by atoms with van der Waals surface area (Å²) < 4.78 is 0. The van der Waals surface area contributed by atoms with E-state index in [0.717, 1.165) is 22.3 Å². The number of carbonyl (C=O) groups excluding carboxylic acids is 1. The molecule has 4 rings (SSSR count). The first kappa shape index (κ1) is 16.7. The minimum Gasteiger partial charge on any atom is -0.337 e. The third-order valence-corrected chi connectivity index (χ3v) is 4.21. The van der Waals surface area contributed by atoms with Gasteiger partial charge in [-0.25, -0.2) is 9.97 Å². The normalized spacial score (nSPS) is 10.6. The Kier molecular flexibility index (Phi) is 4.45. The zero-order valence-electron chi connectivity index (χ0n) is 14.7.